The minimum atomic E-state index is -1.30. The zero-order valence-electron chi connectivity index (χ0n) is 11.2. The van der Waals surface area contributed by atoms with Crippen LogP contribution in [0.25, 0.3) is 0 Å². The van der Waals surface area contributed by atoms with Crippen molar-refractivity contribution >= 4 is 12.0 Å². The second-order valence-electron chi connectivity index (χ2n) is 5.01. The Bertz CT molecular complexity index is 516. The number of aliphatic carboxylic acids is 1. The minimum Gasteiger partial charge on any atom is -0.480 e. The summed E-state index contributed by atoms with van der Waals surface area (Å²) in [5.41, 5.74) is 2.50. The maximum Gasteiger partial charge on any atom is 0.328 e. The Hall–Kier alpha value is -2.08. The zero-order valence-corrected chi connectivity index (χ0v) is 11.2. The lowest BCUT2D eigenvalue weighted by Crippen LogP contribution is -2.51. The molecule has 0 aliphatic heterocycles. The van der Waals surface area contributed by atoms with Gasteiger partial charge >= 0.3 is 12.0 Å². The first-order chi connectivity index (χ1) is 9.49. The van der Waals surface area contributed by atoms with E-state index >= 15 is 0 Å². The molecule has 20 heavy (non-hydrogen) atoms. The molecule has 0 aromatic heterocycles. The number of hydrogen-bond acceptors (Lipinski definition) is 3. The van der Waals surface area contributed by atoms with Gasteiger partial charge in [-0.15, -0.1) is 0 Å². The number of aliphatic hydroxyl groups excluding tert-OH is 1. The van der Waals surface area contributed by atoms with Crippen LogP contribution in [0, 0.1) is 0 Å². The third-order valence-electron chi connectivity index (χ3n) is 3.51. The Labute approximate surface area is 116 Å². The first kappa shape index (κ1) is 14.3. The number of amides is 2. The summed E-state index contributed by atoms with van der Waals surface area (Å²) < 4.78 is 0. The van der Waals surface area contributed by atoms with Crippen LogP contribution in [-0.2, 0) is 11.2 Å². The molecule has 0 heterocycles. The number of rotatable bonds is 5. The van der Waals surface area contributed by atoms with E-state index in [9.17, 15) is 14.7 Å². The minimum absolute atomic E-state index is 0.270. The summed E-state index contributed by atoms with van der Waals surface area (Å²) in [4.78, 5) is 22.5. The standard InChI is InChI=1S/C14H18N2O4/c1-8(17)12(13(18)19)16-14(20)15-7-10-6-9-4-2-3-5-11(9)10/h2-5,8,10,12,17H,6-7H2,1H3,(H,18,19)(H2,15,16,20). The first-order valence-electron chi connectivity index (χ1n) is 6.52. The zero-order chi connectivity index (χ0) is 14.7. The molecule has 0 radical (unpaired) electrons. The number of nitrogens with one attached hydrogen (secondary N) is 2. The van der Waals surface area contributed by atoms with Gasteiger partial charge in [-0.2, -0.15) is 0 Å². The number of aliphatic hydroxyl groups is 1. The third-order valence-corrected chi connectivity index (χ3v) is 3.51. The van der Waals surface area contributed by atoms with E-state index < -0.39 is 24.1 Å². The maximum atomic E-state index is 11.6. The summed E-state index contributed by atoms with van der Waals surface area (Å²) in [7, 11) is 0. The van der Waals surface area contributed by atoms with Gasteiger partial charge in [-0.3, -0.25) is 0 Å². The van der Waals surface area contributed by atoms with E-state index in [2.05, 4.69) is 16.7 Å². The molecule has 1 aromatic rings. The lowest BCUT2D eigenvalue weighted by Gasteiger charge is -2.30. The fourth-order valence-corrected chi connectivity index (χ4v) is 2.34. The van der Waals surface area contributed by atoms with Gasteiger partial charge in [-0.25, -0.2) is 9.59 Å². The van der Waals surface area contributed by atoms with E-state index in [1.54, 1.807) is 0 Å². The van der Waals surface area contributed by atoms with Gasteiger partial charge in [0.15, 0.2) is 6.04 Å². The number of carbonyl (C=O) groups excluding carboxylic acids is 1. The van der Waals surface area contributed by atoms with E-state index in [0.717, 1.165) is 6.42 Å². The van der Waals surface area contributed by atoms with Crippen molar-refractivity contribution in [3.63, 3.8) is 0 Å². The molecule has 0 bridgehead atoms. The van der Waals surface area contributed by atoms with Crippen molar-refractivity contribution in [3.05, 3.63) is 35.4 Å². The van der Waals surface area contributed by atoms with E-state index in [0.29, 0.717) is 6.54 Å². The number of carbonyl (C=O) groups is 2. The Balaban J connectivity index is 1.81. The van der Waals surface area contributed by atoms with Gasteiger partial charge in [0.1, 0.15) is 0 Å². The lowest BCUT2D eigenvalue weighted by molar-refractivity contribution is -0.141. The highest BCUT2D eigenvalue weighted by molar-refractivity contribution is 5.83. The number of hydrogen-bond donors (Lipinski definition) is 4. The van der Waals surface area contributed by atoms with E-state index in [4.69, 9.17) is 5.11 Å². The molecule has 2 rings (SSSR count). The Morgan fingerprint density at radius 2 is 2.10 bits per heavy atom. The molecular weight excluding hydrogens is 260 g/mol. The molecule has 3 unspecified atom stereocenters. The van der Waals surface area contributed by atoms with Crippen molar-refractivity contribution in [2.24, 2.45) is 0 Å². The summed E-state index contributed by atoms with van der Waals surface area (Å²) in [5, 5.41) is 23.0. The van der Waals surface area contributed by atoms with Crippen molar-refractivity contribution in [1.82, 2.24) is 10.6 Å². The molecular formula is C14H18N2O4. The molecule has 1 aliphatic carbocycles. The van der Waals surface area contributed by atoms with E-state index in [-0.39, 0.29) is 5.92 Å². The van der Waals surface area contributed by atoms with Crippen LogP contribution in [0.2, 0.25) is 0 Å². The number of fused-ring (bicyclic) bond motifs is 1. The van der Waals surface area contributed by atoms with Crippen LogP contribution in [-0.4, -0.2) is 40.9 Å². The van der Waals surface area contributed by atoms with Crippen molar-refractivity contribution in [2.45, 2.75) is 31.4 Å². The smallest absolute Gasteiger partial charge is 0.328 e. The fraction of sp³-hybridized carbons (Fsp3) is 0.429. The highest BCUT2D eigenvalue weighted by Gasteiger charge is 2.27. The topological polar surface area (TPSA) is 98.7 Å². The predicted molar refractivity (Wildman–Crippen MR) is 72.5 cm³/mol. The van der Waals surface area contributed by atoms with Crippen molar-refractivity contribution in [3.8, 4) is 0 Å². The molecule has 3 atom stereocenters. The summed E-state index contributed by atoms with van der Waals surface area (Å²) in [5.74, 6) is -0.990. The molecule has 0 spiro atoms. The summed E-state index contributed by atoms with van der Waals surface area (Å²) in [6.07, 6.45) is -0.238. The lowest BCUT2D eigenvalue weighted by atomic mass is 9.78. The van der Waals surface area contributed by atoms with Gasteiger partial charge in [0.25, 0.3) is 0 Å². The normalized spacial score (nSPS) is 19.2. The van der Waals surface area contributed by atoms with Gasteiger partial charge in [-0.05, 0) is 24.5 Å². The Morgan fingerprint density at radius 3 is 2.70 bits per heavy atom. The van der Waals surface area contributed by atoms with Crippen LogP contribution >= 0.6 is 0 Å². The summed E-state index contributed by atoms with van der Waals surface area (Å²) in [6, 6.07) is 6.14. The van der Waals surface area contributed by atoms with Gasteiger partial charge in [0, 0.05) is 12.5 Å². The van der Waals surface area contributed by atoms with Gasteiger partial charge in [-0.1, -0.05) is 24.3 Å². The van der Waals surface area contributed by atoms with E-state index in [1.165, 1.54) is 18.1 Å². The van der Waals surface area contributed by atoms with Crippen molar-refractivity contribution < 1.29 is 19.8 Å². The SMILES string of the molecule is CC(O)C(NC(=O)NCC1Cc2ccccc21)C(=O)O. The second kappa shape index (κ2) is 5.92. The highest BCUT2D eigenvalue weighted by atomic mass is 16.4. The number of urea groups is 1. The van der Waals surface area contributed by atoms with Crippen LogP contribution in [0.4, 0.5) is 4.79 Å². The third kappa shape index (κ3) is 3.08. The molecule has 108 valence electrons. The molecule has 1 aliphatic rings. The predicted octanol–water partition coefficient (Wildman–Crippen LogP) is 0.459. The molecule has 0 saturated carbocycles. The second-order valence-corrected chi connectivity index (χ2v) is 5.01. The van der Waals surface area contributed by atoms with Gasteiger partial charge in [0.2, 0.25) is 0 Å². The van der Waals surface area contributed by atoms with E-state index in [1.807, 2.05) is 18.2 Å². The average Bonchev–Trinajstić information content (AvgIpc) is 2.36. The van der Waals surface area contributed by atoms with Gasteiger partial charge < -0.3 is 20.8 Å². The monoisotopic (exact) mass is 278 g/mol. The quantitative estimate of drug-likeness (QED) is 0.629. The van der Waals surface area contributed by atoms with Crippen LogP contribution in [0.3, 0.4) is 0 Å². The van der Waals surface area contributed by atoms with Crippen LogP contribution in [0.15, 0.2) is 24.3 Å². The molecule has 6 heteroatoms. The van der Waals surface area contributed by atoms with Gasteiger partial charge in [0.05, 0.1) is 6.10 Å². The highest BCUT2D eigenvalue weighted by Crippen LogP contribution is 2.33. The van der Waals surface area contributed by atoms with Crippen molar-refractivity contribution in [2.75, 3.05) is 6.54 Å². The molecule has 1 aromatic carbocycles. The Morgan fingerprint density at radius 1 is 1.40 bits per heavy atom. The number of benzene rings is 1. The number of carboxylic acid groups (broad SMARTS) is 1. The molecule has 6 nitrogen and oxygen atoms in total. The Kier molecular flexibility index (Phi) is 4.24. The maximum absolute atomic E-state index is 11.6. The summed E-state index contributed by atoms with van der Waals surface area (Å²) in [6.45, 7) is 1.77. The molecule has 0 saturated heterocycles. The molecule has 2 amide bonds. The number of carboxylic acids is 1. The molecule has 0 fully saturated rings. The van der Waals surface area contributed by atoms with Crippen LogP contribution < -0.4 is 10.6 Å². The molecule has 4 N–H and O–H groups in total. The largest absolute Gasteiger partial charge is 0.480 e. The summed E-state index contributed by atoms with van der Waals surface area (Å²) >= 11 is 0. The van der Waals surface area contributed by atoms with Crippen LogP contribution in [0.5, 0.6) is 0 Å². The van der Waals surface area contributed by atoms with Crippen LogP contribution in [0.1, 0.15) is 24.0 Å². The fourth-order valence-electron chi connectivity index (χ4n) is 2.34. The van der Waals surface area contributed by atoms with Crippen molar-refractivity contribution in [1.29, 1.82) is 0 Å². The first-order valence-corrected chi connectivity index (χ1v) is 6.52. The average molecular weight is 278 g/mol.